The number of hydrogen-bond donors (Lipinski definition) is 3. The van der Waals surface area contributed by atoms with Gasteiger partial charge in [-0.2, -0.15) is 0 Å². The van der Waals surface area contributed by atoms with E-state index in [1.165, 1.54) is 27.9 Å². The van der Waals surface area contributed by atoms with Crippen LogP contribution >= 0.6 is 0 Å². The summed E-state index contributed by atoms with van der Waals surface area (Å²) >= 11 is 0. The van der Waals surface area contributed by atoms with Crippen molar-refractivity contribution in [3.05, 3.63) is 71.1 Å². The Balaban J connectivity index is 1.11. The van der Waals surface area contributed by atoms with Gasteiger partial charge in [-0.05, 0) is 73.5 Å². The van der Waals surface area contributed by atoms with Crippen LogP contribution in [0.3, 0.4) is 0 Å². The zero-order valence-electron chi connectivity index (χ0n) is 30.4. The number of carbonyl (C=O) groups excluding carboxylic acids is 2. The number of hydrogen-bond acceptors (Lipinski definition) is 5. The Labute approximate surface area is 296 Å². The van der Waals surface area contributed by atoms with E-state index in [4.69, 9.17) is 15.7 Å². The van der Waals surface area contributed by atoms with Crippen LogP contribution in [0.15, 0.2) is 42.5 Å². The minimum atomic E-state index is -0.496. The predicted octanol–water partition coefficient (Wildman–Crippen LogP) is 7.54. The van der Waals surface area contributed by atoms with Gasteiger partial charge in [0, 0.05) is 42.0 Å². The summed E-state index contributed by atoms with van der Waals surface area (Å²) in [7, 11) is 0. The smallest absolute Gasteiger partial charge is 0.240 e. The van der Waals surface area contributed by atoms with E-state index in [9.17, 15) is 9.59 Å². The van der Waals surface area contributed by atoms with Crippen molar-refractivity contribution in [1.82, 2.24) is 29.7 Å². The van der Waals surface area contributed by atoms with Crippen molar-refractivity contribution in [2.24, 2.45) is 17.6 Å². The van der Waals surface area contributed by atoms with Crippen LogP contribution < -0.4 is 5.73 Å². The number of imidazole rings is 2. The van der Waals surface area contributed by atoms with Crippen LogP contribution in [0.2, 0.25) is 0 Å². The number of rotatable bonds is 10. The van der Waals surface area contributed by atoms with E-state index >= 15 is 0 Å². The van der Waals surface area contributed by atoms with Gasteiger partial charge < -0.3 is 25.5 Å². The summed E-state index contributed by atoms with van der Waals surface area (Å²) in [5, 5.41) is 0. The van der Waals surface area contributed by atoms with Crippen LogP contribution in [0.5, 0.6) is 0 Å². The molecule has 9 nitrogen and oxygen atoms in total. The van der Waals surface area contributed by atoms with E-state index < -0.39 is 6.04 Å². The molecular formula is C41H53N7O2. The van der Waals surface area contributed by atoms with Crippen molar-refractivity contribution in [2.75, 3.05) is 13.1 Å². The van der Waals surface area contributed by atoms with E-state index in [0.29, 0.717) is 12.3 Å². The Morgan fingerprint density at radius 1 is 0.840 bits per heavy atom. The average Bonchev–Trinajstić information content (AvgIpc) is 3.92. The van der Waals surface area contributed by atoms with Crippen molar-refractivity contribution in [3.8, 4) is 33.6 Å². The molecule has 2 aliphatic heterocycles. The molecule has 2 aromatic carbocycles. The number of amides is 2. The number of benzene rings is 2. The van der Waals surface area contributed by atoms with Crippen molar-refractivity contribution < 1.29 is 9.59 Å². The second-order valence-electron chi connectivity index (χ2n) is 15.4. The molecule has 3 aliphatic rings. The number of nitrogens with two attached hydrogens (primary N) is 1. The standard InChI is InChI=1S/C41H53N7O2/c1-6-9-31-37(45-40(43-31)34-11-8-21-48(34)41(50)36(42)25(4)5)27-14-12-26(13-15-27)28-16-18-30-29(23-28)17-19-32-38(30)46-39(44-32)33-10-7-20-47(33)35(49)22-24(2)3/h12-16,18,23-25,33-34,36H,6-11,17,19-22,42H2,1-5H3,(H,43,45)(H,44,46)/t33-,34-,36-/m0/s1. The van der Waals surface area contributed by atoms with Gasteiger partial charge in [0.2, 0.25) is 11.8 Å². The van der Waals surface area contributed by atoms with Gasteiger partial charge in [0.25, 0.3) is 0 Å². The van der Waals surface area contributed by atoms with E-state index in [1.807, 2.05) is 23.6 Å². The predicted molar refractivity (Wildman–Crippen MR) is 198 cm³/mol. The molecule has 7 rings (SSSR count). The van der Waals surface area contributed by atoms with Crippen LogP contribution in [0.4, 0.5) is 0 Å². The minimum Gasteiger partial charge on any atom is -0.344 e. The van der Waals surface area contributed by atoms with E-state index in [1.54, 1.807) is 0 Å². The highest BCUT2D eigenvalue weighted by atomic mass is 16.2. The third kappa shape index (κ3) is 6.52. The topological polar surface area (TPSA) is 124 Å². The van der Waals surface area contributed by atoms with Crippen molar-refractivity contribution >= 4 is 11.8 Å². The summed E-state index contributed by atoms with van der Waals surface area (Å²) in [5.41, 5.74) is 16.5. The van der Waals surface area contributed by atoms with Crippen LogP contribution in [0, 0.1) is 11.8 Å². The first-order chi connectivity index (χ1) is 24.1. The maximum atomic E-state index is 13.2. The van der Waals surface area contributed by atoms with E-state index in [2.05, 4.69) is 73.2 Å². The summed E-state index contributed by atoms with van der Waals surface area (Å²) in [4.78, 5) is 47.7. The fourth-order valence-electron chi connectivity index (χ4n) is 8.15. The number of fused-ring (bicyclic) bond motifs is 3. The molecule has 2 fully saturated rings. The maximum Gasteiger partial charge on any atom is 0.240 e. The van der Waals surface area contributed by atoms with Crippen molar-refractivity contribution in [3.63, 3.8) is 0 Å². The lowest BCUT2D eigenvalue weighted by atomic mass is 9.89. The highest BCUT2D eigenvalue weighted by Gasteiger charge is 2.36. The molecule has 0 radical (unpaired) electrons. The van der Waals surface area contributed by atoms with Gasteiger partial charge in [0.1, 0.15) is 11.6 Å². The Bertz CT molecular complexity index is 1850. The Morgan fingerprint density at radius 2 is 1.48 bits per heavy atom. The second-order valence-corrected chi connectivity index (χ2v) is 15.4. The Morgan fingerprint density at radius 3 is 2.18 bits per heavy atom. The highest BCUT2D eigenvalue weighted by Crippen LogP contribution is 2.39. The van der Waals surface area contributed by atoms with Gasteiger partial charge in [-0.3, -0.25) is 9.59 Å². The number of carbonyl (C=O) groups is 2. The third-order valence-corrected chi connectivity index (χ3v) is 10.9. The van der Waals surface area contributed by atoms with Gasteiger partial charge in [-0.15, -0.1) is 0 Å². The molecule has 0 saturated carbocycles. The van der Waals surface area contributed by atoms with Crippen LogP contribution in [-0.4, -0.2) is 60.7 Å². The number of aryl methyl sites for hydroxylation is 3. The number of nitrogens with zero attached hydrogens (tertiary/aromatic N) is 4. The van der Waals surface area contributed by atoms with E-state index in [0.717, 1.165) is 98.8 Å². The lowest BCUT2D eigenvalue weighted by molar-refractivity contribution is -0.135. The first-order valence-corrected chi connectivity index (χ1v) is 18.9. The van der Waals surface area contributed by atoms with Gasteiger partial charge in [-0.1, -0.05) is 83.5 Å². The molecule has 0 spiro atoms. The summed E-state index contributed by atoms with van der Waals surface area (Å²) in [6, 6.07) is 14.9. The third-order valence-electron chi connectivity index (χ3n) is 10.9. The summed E-state index contributed by atoms with van der Waals surface area (Å²) in [5.74, 6) is 2.51. The molecule has 4 N–H and O–H groups in total. The summed E-state index contributed by atoms with van der Waals surface area (Å²) in [6.45, 7) is 11.9. The molecule has 0 bridgehead atoms. The second kappa shape index (κ2) is 14.2. The van der Waals surface area contributed by atoms with Gasteiger partial charge >= 0.3 is 0 Å². The minimum absolute atomic E-state index is 0.0184. The molecule has 264 valence electrons. The number of likely N-dealkylation sites (tertiary alicyclic amines) is 2. The lowest BCUT2D eigenvalue weighted by Crippen LogP contribution is -2.46. The number of aromatic amines is 2. The molecule has 1 aliphatic carbocycles. The van der Waals surface area contributed by atoms with Crippen molar-refractivity contribution in [1.29, 1.82) is 0 Å². The first-order valence-electron chi connectivity index (χ1n) is 18.9. The molecule has 4 aromatic rings. The molecular weight excluding hydrogens is 622 g/mol. The molecule has 4 heterocycles. The molecule has 2 aromatic heterocycles. The zero-order chi connectivity index (χ0) is 35.1. The monoisotopic (exact) mass is 675 g/mol. The fourth-order valence-corrected chi connectivity index (χ4v) is 8.15. The van der Waals surface area contributed by atoms with Crippen molar-refractivity contribution in [2.45, 2.75) is 111 Å². The number of aromatic nitrogens is 4. The molecule has 2 amide bonds. The zero-order valence-corrected chi connectivity index (χ0v) is 30.4. The first kappa shape index (κ1) is 34.2. The SMILES string of the molecule is CCCc1[nH]c([C@@H]2CCCN2C(=O)[C@@H](N)C(C)C)nc1-c1ccc(-c2ccc3c(c2)CCc2[nH]c([C@@H]4CCCN4C(=O)CC(C)C)nc2-3)cc1. The molecule has 3 atom stereocenters. The molecule has 2 saturated heterocycles. The summed E-state index contributed by atoms with van der Waals surface area (Å²) in [6.07, 6.45) is 8.18. The van der Waals surface area contributed by atoms with E-state index in [-0.39, 0.29) is 29.8 Å². The molecule has 0 unspecified atom stereocenters. The van der Waals surface area contributed by atoms with Crippen LogP contribution in [-0.2, 0) is 28.9 Å². The Hall–Kier alpha value is -4.24. The highest BCUT2D eigenvalue weighted by molar-refractivity contribution is 5.83. The summed E-state index contributed by atoms with van der Waals surface area (Å²) < 4.78 is 0. The maximum absolute atomic E-state index is 13.2. The van der Waals surface area contributed by atoms with Gasteiger partial charge in [0.05, 0.1) is 29.5 Å². The van der Waals surface area contributed by atoms with Crippen LogP contribution in [0.25, 0.3) is 33.6 Å². The fraction of sp³-hybridized carbons (Fsp3) is 0.512. The number of nitrogens with one attached hydrogen (secondary N) is 2. The van der Waals surface area contributed by atoms with Crippen LogP contribution in [0.1, 0.15) is 114 Å². The molecule has 50 heavy (non-hydrogen) atoms. The number of H-pyrrole nitrogens is 2. The quantitative estimate of drug-likeness (QED) is 0.160. The normalized spacial score (nSPS) is 19.4. The lowest BCUT2D eigenvalue weighted by Gasteiger charge is -2.27. The molecule has 9 heteroatoms. The Kier molecular flexibility index (Phi) is 9.70. The van der Waals surface area contributed by atoms with Gasteiger partial charge in [0.15, 0.2) is 0 Å². The van der Waals surface area contributed by atoms with Gasteiger partial charge in [-0.25, -0.2) is 9.97 Å². The average molecular weight is 676 g/mol. The largest absolute Gasteiger partial charge is 0.344 e.